The van der Waals surface area contributed by atoms with E-state index in [9.17, 15) is 9.18 Å². The molecule has 0 radical (unpaired) electrons. The molecule has 9 nitrogen and oxygen atoms in total. The number of ether oxygens (including phenoxy) is 3. The molecule has 1 unspecified atom stereocenters. The van der Waals surface area contributed by atoms with Crippen LogP contribution in [0.2, 0.25) is 0 Å². The number of carbonyl (C=O) groups excluding carboxylic acids is 1. The number of aryl methyl sites for hydroxylation is 1. The molecule has 4 aromatic rings. The molecule has 2 aliphatic rings. The highest BCUT2D eigenvalue weighted by Crippen LogP contribution is 2.34. The van der Waals surface area contributed by atoms with Crippen molar-refractivity contribution in [2.75, 3.05) is 20.3 Å². The normalized spacial score (nSPS) is 16.6. The monoisotopic (exact) mass is 475 g/mol. The highest BCUT2D eigenvalue weighted by atomic mass is 19.1. The lowest BCUT2D eigenvalue weighted by molar-refractivity contribution is 0.0931. The summed E-state index contributed by atoms with van der Waals surface area (Å²) in [4.78, 5) is 21.8. The zero-order valence-electron chi connectivity index (χ0n) is 19.0. The third-order valence-electron chi connectivity index (χ3n) is 6.26. The van der Waals surface area contributed by atoms with Crippen molar-refractivity contribution in [3.05, 3.63) is 65.4 Å². The predicted molar refractivity (Wildman–Crippen MR) is 124 cm³/mol. The van der Waals surface area contributed by atoms with Crippen LogP contribution >= 0.6 is 0 Å². The van der Waals surface area contributed by atoms with Gasteiger partial charge in [-0.15, -0.1) is 0 Å². The zero-order chi connectivity index (χ0) is 23.9. The van der Waals surface area contributed by atoms with E-state index in [1.165, 1.54) is 12.1 Å². The Balaban J connectivity index is 1.23. The van der Waals surface area contributed by atoms with Gasteiger partial charge < -0.3 is 19.5 Å². The Kier molecular flexibility index (Phi) is 5.20. The van der Waals surface area contributed by atoms with Crippen LogP contribution < -0.4 is 19.5 Å². The van der Waals surface area contributed by atoms with Crippen LogP contribution in [0.4, 0.5) is 4.39 Å². The van der Waals surface area contributed by atoms with Gasteiger partial charge in [0.2, 0.25) is 5.88 Å². The maximum Gasteiger partial charge on any atom is 0.251 e. The second-order valence-corrected chi connectivity index (χ2v) is 8.49. The van der Waals surface area contributed by atoms with Crippen molar-refractivity contribution in [2.24, 2.45) is 0 Å². The first-order valence-electron chi connectivity index (χ1n) is 11.4. The first-order chi connectivity index (χ1) is 17.1. The van der Waals surface area contributed by atoms with Crippen LogP contribution in [-0.4, -0.2) is 52.0 Å². The van der Waals surface area contributed by atoms with E-state index >= 15 is 0 Å². The van der Waals surface area contributed by atoms with Gasteiger partial charge in [-0.05, 0) is 49.1 Å². The zero-order valence-corrected chi connectivity index (χ0v) is 19.0. The van der Waals surface area contributed by atoms with Crippen molar-refractivity contribution < 1.29 is 23.4 Å². The summed E-state index contributed by atoms with van der Waals surface area (Å²) in [5.74, 6) is -0.142. The molecule has 1 atom stereocenters. The summed E-state index contributed by atoms with van der Waals surface area (Å²) in [7, 11) is 1.57. The second kappa shape index (κ2) is 8.53. The van der Waals surface area contributed by atoms with Crippen molar-refractivity contribution in [1.29, 1.82) is 0 Å². The summed E-state index contributed by atoms with van der Waals surface area (Å²) in [6.45, 7) is 0.606. The number of nitrogens with one attached hydrogen (secondary N) is 1. The summed E-state index contributed by atoms with van der Waals surface area (Å²) in [5.41, 5.74) is 4.47. The largest absolute Gasteiger partial charge is 0.486 e. The molecule has 0 spiro atoms. The number of methoxy groups -OCH3 is 1. The van der Waals surface area contributed by atoms with Crippen LogP contribution in [-0.2, 0) is 12.8 Å². The minimum Gasteiger partial charge on any atom is -0.486 e. The third-order valence-corrected chi connectivity index (χ3v) is 6.26. The van der Waals surface area contributed by atoms with Gasteiger partial charge in [-0.2, -0.15) is 5.10 Å². The molecule has 1 amide bonds. The summed E-state index contributed by atoms with van der Waals surface area (Å²) < 4.78 is 32.2. The molecule has 178 valence electrons. The number of amides is 1. The van der Waals surface area contributed by atoms with Crippen LogP contribution in [0.15, 0.2) is 42.7 Å². The van der Waals surface area contributed by atoms with E-state index in [1.807, 2.05) is 23.0 Å². The highest BCUT2D eigenvalue weighted by molar-refractivity contribution is 5.95. The van der Waals surface area contributed by atoms with Crippen LogP contribution in [0.25, 0.3) is 16.7 Å². The SMILES string of the molecule is COc1ccc2nccc(-n3cc4c(n3)CCC(NC(=O)c3cc(F)c5c(c3)OCCO5)C4)c2n1. The fraction of sp³-hybridized carbons (Fsp3) is 0.280. The molecule has 1 N–H and O–H groups in total. The standard InChI is InChI=1S/C25H22FN5O4/c1-33-22-5-4-19-23(29-22)20(6-7-27-19)31-13-15-10-16(2-3-18(15)30-31)28-25(32)14-11-17(26)24-21(12-14)34-8-9-35-24/h4-7,11-13,16H,2-3,8-10H2,1H3,(H,28,32). The van der Waals surface area contributed by atoms with Crippen molar-refractivity contribution in [1.82, 2.24) is 25.1 Å². The lowest BCUT2D eigenvalue weighted by atomic mass is 9.93. The van der Waals surface area contributed by atoms with Gasteiger partial charge in [-0.1, -0.05) is 0 Å². The van der Waals surface area contributed by atoms with E-state index in [0.717, 1.165) is 28.9 Å². The molecule has 4 heterocycles. The molecule has 0 fully saturated rings. The molecule has 6 rings (SSSR count). The topological polar surface area (TPSA) is 100 Å². The molecular weight excluding hydrogens is 453 g/mol. The molecule has 1 aliphatic carbocycles. The van der Waals surface area contributed by atoms with Gasteiger partial charge in [0.15, 0.2) is 17.3 Å². The number of nitrogens with zero attached hydrogens (tertiary/aromatic N) is 4. The molecule has 10 heteroatoms. The number of rotatable bonds is 4. The molecule has 3 aromatic heterocycles. The molecule has 0 bridgehead atoms. The van der Waals surface area contributed by atoms with Gasteiger partial charge in [0.25, 0.3) is 5.91 Å². The van der Waals surface area contributed by atoms with Gasteiger partial charge >= 0.3 is 0 Å². The average molecular weight is 475 g/mol. The molecule has 1 aliphatic heterocycles. The summed E-state index contributed by atoms with van der Waals surface area (Å²) in [5, 5.41) is 7.80. The van der Waals surface area contributed by atoms with Gasteiger partial charge in [0.1, 0.15) is 18.7 Å². The quantitative estimate of drug-likeness (QED) is 0.484. The number of fused-ring (bicyclic) bond motifs is 3. The van der Waals surface area contributed by atoms with Crippen LogP contribution in [0.5, 0.6) is 17.4 Å². The molecule has 35 heavy (non-hydrogen) atoms. The number of halogens is 1. The summed E-state index contributed by atoms with van der Waals surface area (Å²) >= 11 is 0. The molecule has 0 saturated heterocycles. The van der Waals surface area contributed by atoms with E-state index in [-0.39, 0.29) is 35.6 Å². The number of hydrogen-bond donors (Lipinski definition) is 1. The molecule has 0 saturated carbocycles. The Morgan fingerprint density at radius 1 is 1.23 bits per heavy atom. The molecule has 1 aromatic carbocycles. The minimum atomic E-state index is -0.602. The number of hydrogen-bond acceptors (Lipinski definition) is 7. The Morgan fingerprint density at radius 3 is 3.00 bits per heavy atom. The van der Waals surface area contributed by atoms with Gasteiger partial charge in [0, 0.05) is 30.1 Å². The Hall–Kier alpha value is -4.21. The van der Waals surface area contributed by atoms with Crippen molar-refractivity contribution >= 4 is 16.9 Å². The maximum atomic E-state index is 14.4. The Bertz CT molecular complexity index is 1450. The Morgan fingerprint density at radius 2 is 2.11 bits per heavy atom. The van der Waals surface area contributed by atoms with E-state index in [4.69, 9.17) is 19.3 Å². The van der Waals surface area contributed by atoms with E-state index in [2.05, 4.69) is 15.3 Å². The summed E-state index contributed by atoms with van der Waals surface area (Å²) in [6.07, 6.45) is 5.75. The van der Waals surface area contributed by atoms with E-state index in [0.29, 0.717) is 30.8 Å². The number of carbonyl (C=O) groups is 1. The smallest absolute Gasteiger partial charge is 0.251 e. The number of aromatic nitrogens is 4. The van der Waals surface area contributed by atoms with Gasteiger partial charge in [-0.3, -0.25) is 9.78 Å². The first kappa shape index (κ1) is 21.3. The van der Waals surface area contributed by atoms with Gasteiger partial charge in [-0.25, -0.2) is 14.1 Å². The average Bonchev–Trinajstić information content (AvgIpc) is 3.31. The fourth-order valence-electron chi connectivity index (χ4n) is 4.55. The lowest BCUT2D eigenvalue weighted by Gasteiger charge is -2.23. The van der Waals surface area contributed by atoms with Crippen molar-refractivity contribution in [2.45, 2.75) is 25.3 Å². The van der Waals surface area contributed by atoms with Gasteiger partial charge in [0.05, 0.1) is 24.0 Å². The number of benzene rings is 1. The summed E-state index contributed by atoms with van der Waals surface area (Å²) in [6, 6.07) is 8.11. The fourth-order valence-corrected chi connectivity index (χ4v) is 4.55. The first-order valence-corrected chi connectivity index (χ1v) is 11.4. The number of pyridine rings is 2. The maximum absolute atomic E-state index is 14.4. The lowest BCUT2D eigenvalue weighted by Crippen LogP contribution is -2.38. The van der Waals surface area contributed by atoms with Crippen molar-refractivity contribution in [3.63, 3.8) is 0 Å². The van der Waals surface area contributed by atoms with Crippen LogP contribution in [0, 0.1) is 5.82 Å². The Labute approximate surface area is 199 Å². The minimum absolute atomic E-state index is 0.0540. The van der Waals surface area contributed by atoms with E-state index in [1.54, 1.807) is 19.4 Å². The van der Waals surface area contributed by atoms with E-state index < -0.39 is 5.82 Å². The van der Waals surface area contributed by atoms with Crippen molar-refractivity contribution in [3.8, 4) is 23.1 Å². The van der Waals surface area contributed by atoms with Crippen LogP contribution in [0.1, 0.15) is 28.0 Å². The molecular formula is C25H22FN5O4. The second-order valence-electron chi connectivity index (χ2n) is 8.49. The third kappa shape index (κ3) is 3.90. The predicted octanol–water partition coefficient (Wildman–Crippen LogP) is 3.02. The van der Waals surface area contributed by atoms with Crippen LogP contribution in [0.3, 0.4) is 0 Å². The highest BCUT2D eigenvalue weighted by Gasteiger charge is 2.26.